The van der Waals surface area contributed by atoms with Crippen LogP contribution in [0.25, 0.3) is 5.69 Å². The van der Waals surface area contributed by atoms with Crippen LogP contribution in [-0.4, -0.2) is 62.3 Å². The molecule has 1 saturated heterocycles. The highest BCUT2D eigenvalue weighted by Gasteiger charge is 2.15. The SMILES string of the molecule is CN=C(NCCCOCC1CCOC1)NCCc1ccc(-n2cccn2)cc1. The number of ether oxygens (including phenoxy) is 2. The summed E-state index contributed by atoms with van der Waals surface area (Å²) < 4.78 is 12.9. The van der Waals surface area contributed by atoms with E-state index in [9.17, 15) is 0 Å². The van der Waals surface area contributed by atoms with Crippen LogP contribution in [0, 0.1) is 5.92 Å². The summed E-state index contributed by atoms with van der Waals surface area (Å²) in [5, 5.41) is 10.9. The molecule has 1 aromatic heterocycles. The van der Waals surface area contributed by atoms with Crippen molar-refractivity contribution < 1.29 is 9.47 Å². The van der Waals surface area contributed by atoms with E-state index in [1.165, 1.54) is 5.56 Å². The Kier molecular flexibility index (Phi) is 8.33. The molecule has 1 aliphatic heterocycles. The Morgan fingerprint density at radius 1 is 1.29 bits per heavy atom. The van der Waals surface area contributed by atoms with Gasteiger partial charge in [-0.25, -0.2) is 4.68 Å². The summed E-state index contributed by atoms with van der Waals surface area (Å²) in [6.45, 7) is 4.99. The van der Waals surface area contributed by atoms with Gasteiger partial charge in [-0.3, -0.25) is 4.99 Å². The lowest BCUT2D eigenvalue weighted by Crippen LogP contribution is -2.39. The lowest BCUT2D eigenvalue weighted by Gasteiger charge is -2.13. The van der Waals surface area contributed by atoms with Crippen molar-refractivity contribution in [3.05, 3.63) is 48.3 Å². The summed E-state index contributed by atoms with van der Waals surface area (Å²) >= 11 is 0. The molecule has 0 spiro atoms. The molecule has 0 saturated carbocycles. The molecule has 0 amide bonds. The van der Waals surface area contributed by atoms with Crippen LogP contribution in [0.1, 0.15) is 18.4 Å². The second-order valence-electron chi connectivity index (χ2n) is 6.95. The molecule has 1 aliphatic rings. The molecule has 1 atom stereocenters. The van der Waals surface area contributed by atoms with Crippen LogP contribution in [0.3, 0.4) is 0 Å². The first-order valence-corrected chi connectivity index (χ1v) is 10.0. The molecule has 2 heterocycles. The van der Waals surface area contributed by atoms with Gasteiger partial charge in [0.1, 0.15) is 0 Å². The maximum absolute atomic E-state index is 5.72. The Hall–Kier alpha value is -2.38. The number of aliphatic imine (C=N–C) groups is 1. The van der Waals surface area contributed by atoms with E-state index in [0.29, 0.717) is 5.92 Å². The molecule has 2 N–H and O–H groups in total. The molecule has 0 radical (unpaired) electrons. The summed E-state index contributed by atoms with van der Waals surface area (Å²) in [5.41, 5.74) is 2.35. The molecular weight excluding hydrogens is 354 g/mol. The van der Waals surface area contributed by atoms with E-state index in [0.717, 1.165) is 70.4 Å². The van der Waals surface area contributed by atoms with Gasteiger partial charge in [0, 0.05) is 51.7 Å². The summed E-state index contributed by atoms with van der Waals surface area (Å²) in [7, 11) is 1.80. The molecular formula is C21H31N5O2. The van der Waals surface area contributed by atoms with Crippen LogP contribution in [0.2, 0.25) is 0 Å². The predicted octanol–water partition coefficient (Wildman–Crippen LogP) is 2.02. The van der Waals surface area contributed by atoms with Crippen molar-refractivity contribution in [2.24, 2.45) is 10.9 Å². The van der Waals surface area contributed by atoms with Gasteiger partial charge < -0.3 is 20.1 Å². The first-order valence-electron chi connectivity index (χ1n) is 10.0. The van der Waals surface area contributed by atoms with Gasteiger partial charge in [-0.1, -0.05) is 12.1 Å². The molecule has 28 heavy (non-hydrogen) atoms. The van der Waals surface area contributed by atoms with Gasteiger partial charge >= 0.3 is 0 Å². The number of benzene rings is 1. The highest BCUT2D eigenvalue weighted by molar-refractivity contribution is 5.79. The Balaban J connectivity index is 1.26. The smallest absolute Gasteiger partial charge is 0.190 e. The number of guanidine groups is 1. The Morgan fingerprint density at radius 2 is 2.14 bits per heavy atom. The molecule has 152 valence electrons. The first kappa shape index (κ1) is 20.4. The van der Waals surface area contributed by atoms with Gasteiger partial charge in [0.15, 0.2) is 5.96 Å². The topological polar surface area (TPSA) is 72.7 Å². The fourth-order valence-electron chi connectivity index (χ4n) is 3.13. The third kappa shape index (κ3) is 6.65. The van der Waals surface area contributed by atoms with Crippen LogP contribution in [-0.2, 0) is 15.9 Å². The summed E-state index contributed by atoms with van der Waals surface area (Å²) in [5.74, 6) is 1.41. The first-order chi connectivity index (χ1) is 13.8. The van der Waals surface area contributed by atoms with Crippen LogP contribution in [0.4, 0.5) is 0 Å². The standard InChI is InChI=1S/C21H31N5O2/c1-22-21(23-10-3-14-27-16-19-9-15-28-17-19)24-12-8-18-4-6-20(7-5-18)26-13-2-11-25-26/h2,4-7,11,13,19H,3,8-10,12,14-17H2,1H3,(H2,22,23,24). The second kappa shape index (κ2) is 11.5. The van der Waals surface area contributed by atoms with E-state index >= 15 is 0 Å². The number of nitrogens with zero attached hydrogens (tertiary/aromatic N) is 3. The van der Waals surface area contributed by atoms with Gasteiger partial charge in [-0.05, 0) is 43.0 Å². The highest BCUT2D eigenvalue weighted by atomic mass is 16.5. The molecule has 3 rings (SSSR count). The lowest BCUT2D eigenvalue weighted by molar-refractivity contribution is 0.0888. The quantitative estimate of drug-likeness (QED) is 0.372. The molecule has 2 aromatic rings. The van der Waals surface area contributed by atoms with E-state index in [1.807, 2.05) is 16.9 Å². The van der Waals surface area contributed by atoms with Crippen molar-refractivity contribution in [2.45, 2.75) is 19.3 Å². The monoisotopic (exact) mass is 385 g/mol. The highest BCUT2D eigenvalue weighted by Crippen LogP contribution is 2.12. The fraction of sp³-hybridized carbons (Fsp3) is 0.524. The van der Waals surface area contributed by atoms with E-state index in [1.54, 1.807) is 13.2 Å². The normalized spacial score (nSPS) is 17.0. The van der Waals surface area contributed by atoms with E-state index in [2.05, 4.69) is 45.0 Å². The van der Waals surface area contributed by atoms with Gasteiger partial charge in [-0.15, -0.1) is 0 Å². The predicted molar refractivity (Wildman–Crippen MR) is 111 cm³/mol. The Bertz CT molecular complexity index is 694. The van der Waals surface area contributed by atoms with Crippen LogP contribution in [0.15, 0.2) is 47.7 Å². The summed E-state index contributed by atoms with van der Waals surface area (Å²) in [6, 6.07) is 10.4. The van der Waals surface area contributed by atoms with Gasteiger partial charge in [0.2, 0.25) is 0 Å². The fourth-order valence-corrected chi connectivity index (χ4v) is 3.13. The Labute approximate surface area is 167 Å². The zero-order valence-corrected chi connectivity index (χ0v) is 16.6. The third-order valence-electron chi connectivity index (χ3n) is 4.77. The molecule has 7 heteroatoms. The van der Waals surface area contributed by atoms with Crippen LogP contribution >= 0.6 is 0 Å². The average molecular weight is 386 g/mol. The Morgan fingerprint density at radius 3 is 2.86 bits per heavy atom. The number of hydrogen-bond donors (Lipinski definition) is 2. The zero-order chi connectivity index (χ0) is 19.4. The van der Waals surface area contributed by atoms with E-state index < -0.39 is 0 Å². The minimum absolute atomic E-state index is 0.580. The minimum atomic E-state index is 0.580. The van der Waals surface area contributed by atoms with Gasteiger partial charge in [0.05, 0.1) is 18.9 Å². The molecule has 1 unspecified atom stereocenters. The van der Waals surface area contributed by atoms with Crippen molar-refractivity contribution in [1.29, 1.82) is 0 Å². The number of aromatic nitrogens is 2. The third-order valence-corrected chi connectivity index (χ3v) is 4.77. The lowest BCUT2D eigenvalue weighted by atomic mass is 10.1. The van der Waals surface area contributed by atoms with Crippen molar-refractivity contribution in [3.63, 3.8) is 0 Å². The minimum Gasteiger partial charge on any atom is -0.381 e. The van der Waals surface area contributed by atoms with Crippen LogP contribution in [0.5, 0.6) is 0 Å². The summed E-state index contributed by atoms with van der Waals surface area (Å²) in [6.07, 6.45) is 6.75. The molecule has 0 bridgehead atoms. The molecule has 1 fully saturated rings. The van der Waals surface area contributed by atoms with Crippen molar-refractivity contribution in [2.75, 3.05) is 46.6 Å². The van der Waals surface area contributed by atoms with Crippen LogP contribution < -0.4 is 10.6 Å². The maximum Gasteiger partial charge on any atom is 0.190 e. The zero-order valence-electron chi connectivity index (χ0n) is 16.6. The molecule has 0 aliphatic carbocycles. The largest absolute Gasteiger partial charge is 0.381 e. The number of nitrogens with one attached hydrogen (secondary N) is 2. The van der Waals surface area contributed by atoms with Crippen molar-refractivity contribution in [3.8, 4) is 5.69 Å². The molecule has 1 aromatic carbocycles. The van der Waals surface area contributed by atoms with Crippen molar-refractivity contribution in [1.82, 2.24) is 20.4 Å². The van der Waals surface area contributed by atoms with Gasteiger partial charge in [0.25, 0.3) is 0 Å². The van der Waals surface area contributed by atoms with E-state index in [-0.39, 0.29) is 0 Å². The van der Waals surface area contributed by atoms with Gasteiger partial charge in [-0.2, -0.15) is 5.10 Å². The second-order valence-corrected chi connectivity index (χ2v) is 6.95. The average Bonchev–Trinajstić information content (AvgIpc) is 3.44. The molecule has 7 nitrogen and oxygen atoms in total. The number of hydrogen-bond acceptors (Lipinski definition) is 4. The van der Waals surface area contributed by atoms with E-state index in [4.69, 9.17) is 9.47 Å². The van der Waals surface area contributed by atoms with Crippen molar-refractivity contribution >= 4 is 5.96 Å². The summed E-state index contributed by atoms with van der Waals surface area (Å²) in [4.78, 5) is 4.27. The maximum atomic E-state index is 5.72. The number of rotatable bonds is 10.